The summed E-state index contributed by atoms with van der Waals surface area (Å²) >= 11 is 0. The minimum atomic E-state index is -0.00873. The summed E-state index contributed by atoms with van der Waals surface area (Å²) in [6.45, 7) is 3.99. The van der Waals surface area contributed by atoms with Crippen molar-refractivity contribution in [1.82, 2.24) is 0 Å². The predicted octanol–water partition coefficient (Wildman–Crippen LogP) is 3.94. The number of carbonyl (C=O) groups excluding carboxylic acids is 1. The first-order chi connectivity index (χ1) is 9.06. The number of benzene rings is 2. The number of aryl methyl sites for hydroxylation is 2. The van der Waals surface area contributed by atoms with Crippen LogP contribution in [0.2, 0.25) is 0 Å². The first kappa shape index (κ1) is 13.2. The van der Waals surface area contributed by atoms with Gasteiger partial charge in [-0.3, -0.25) is 4.79 Å². The summed E-state index contributed by atoms with van der Waals surface area (Å²) in [7, 11) is 0. The number of hydrogen-bond acceptors (Lipinski definition) is 2. The van der Waals surface area contributed by atoms with Crippen LogP contribution >= 0.6 is 0 Å². The van der Waals surface area contributed by atoms with Crippen molar-refractivity contribution >= 4 is 11.5 Å². The van der Waals surface area contributed by atoms with E-state index in [0.29, 0.717) is 11.3 Å². The van der Waals surface area contributed by atoms with E-state index < -0.39 is 0 Å². The Bertz CT molecular complexity index is 539. The van der Waals surface area contributed by atoms with Crippen molar-refractivity contribution in [3.8, 4) is 0 Å². The van der Waals surface area contributed by atoms with Gasteiger partial charge in [0.15, 0.2) is 5.78 Å². The lowest BCUT2D eigenvalue weighted by Gasteiger charge is -2.05. The Hall–Kier alpha value is -2.22. The second kappa shape index (κ2) is 5.61. The van der Waals surface area contributed by atoms with Crippen molar-refractivity contribution in [2.24, 2.45) is 0 Å². The molecule has 2 rings (SSSR count). The van der Waals surface area contributed by atoms with Gasteiger partial charge in [-0.2, -0.15) is 0 Å². The third-order valence-electron chi connectivity index (χ3n) is 3.11. The van der Waals surface area contributed by atoms with Crippen molar-refractivity contribution < 1.29 is 4.79 Å². The maximum atomic E-state index is 12.1. The summed E-state index contributed by atoms with van der Waals surface area (Å²) in [5.74, 6) is -0.00873. The molecule has 0 aliphatic heterocycles. The monoisotopic (exact) mass is 251 g/mol. The number of nitrogens with one attached hydrogen (secondary N) is 1. The van der Waals surface area contributed by atoms with Crippen LogP contribution in [0.5, 0.6) is 0 Å². The Labute approximate surface area is 113 Å². The van der Waals surface area contributed by atoms with Crippen LogP contribution in [0.25, 0.3) is 0 Å². The Morgan fingerprint density at radius 3 is 1.74 bits per heavy atom. The summed E-state index contributed by atoms with van der Waals surface area (Å²) < 4.78 is 0. The minimum absolute atomic E-state index is 0.00873. The van der Waals surface area contributed by atoms with Crippen molar-refractivity contribution in [2.75, 3.05) is 0 Å². The largest absolute Gasteiger partial charge is 0.304 e. The Kier molecular flexibility index (Phi) is 3.91. The fraction of sp³-hybridized carbons (Fsp3) is 0.176. The fourth-order valence-corrected chi connectivity index (χ4v) is 1.86. The molecule has 19 heavy (non-hydrogen) atoms. The molecule has 2 aromatic rings. The van der Waals surface area contributed by atoms with Crippen LogP contribution in [0, 0.1) is 19.3 Å². The van der Waals surface area contributed by atoms with E-state index in [1.54, 1.807) is 0 Å². The van der Waals surface area contributed by atoms with E-state index in [2.05, 4.69) is 0 Å². The summed E-state index contributed by atoms with van der Waals surface area (Å²) in [4.78, 5) is 12.1. The van der Waals surface area contributed by atoms with Crippen LogP contribution < -0.4 is 0 Å². The lowest BCUT2D eigenvalue weighted by molar-refractivity contribution is 0.100. The van der Waals surface area contributed by atoms with Gasteiger partial charge in [-0.15, -0.1) is 0 Å². The summed E-state index contributed by atoms with van der Waals surface area (Å²) in [6.07, 6.45) is 0.145. The zero-order valence-corrected chi connectivity index (χ0v) is 11.2. The maximum absolute atomic E-state index is 12.1. The van der Waals surface area contributed by atoms with Gasteiger partial charge >= 0.3 is 0 Å². The molecule has 2 nitrogen and oxygen atoms in total. The lowest BCUT2D eigenvalue weighted by atomic mass is 10.00. The molecule has 0 spiro atoms. The van der Waals surface area contributed by atoms with Crippen molar-refractivity contribution in [3.63, 3.8) is 0 Å². The van der Waals surface area contributed by atoms with E-state index in [1.165, 1.54) is 0 Å². The minimum Gasteiger partial charge on any atom is -0.304 e. The van der Waals surface area contributed by atoms with Gasteiger partial charge in [0.2, 0.25) is 0 Å². The highest BCUT2D eigenvalue weighted by Crippen LogP contribution is 2.11. The maximum Gasteiger partial charge on any atom is 0.168 e. The van der Waals surface area contributed by atoms with Gasteiger partial charge in [-0.05, 0) is 19.4 Å². The smallest absolute Gasteiger partial charge is 0.168 e. The normalized spacial score (nSPS) is 10.2. The Morgan fingerprint density at radius 1 is 0.842 bits per heavy atom. The molecule has 0 radical (unpaired) electrons. The summed E-state index contributed by atoms with van der Waals surface area (Å²) in [6, 6.07) is 15.2. The van der Waals surface area contributed by atoms with E-state index in [0.717, 1.165) is 16.7 Å². The van der Waals surface area contributed by atoms with E-state index in [9.17, 15) is 4.79 Å². The molecule has 0 aliphatic carbocycles. The summed E-state index contributed by atoms with van der Waals surface area (Å²) in [5, 5.41) is 8.00. The molecule has 0 atom stereocenters. The Morgan fingerprint density at radius 2 is 1.26 bits per heavy atom. The molecule has 0 fully saturated rings. The van der Waals surface area contributed by atoms with Crippen molar-refractivity contribution in [1.29, 1.82) is 5.41 Å². The predicted molar refractivity (Wildman–Crippen MR) is 78.1 cm³/mol. The second-order valence-corrected chi connectivity index (χ2v) is 4.81. The third-order valence-corrected chi connectivity index (χ3v) is 3.11. The molecule has 0 bridgehead atoms. The van der Waals surface area contributed by atoms with Gasteiger partial charge in [-0.1, -0.05) is 59.7 Å². The Balaban J connectivity index is 2.08. The van der Waals surface area contributed by atoms with Gasteiger partial charge in [-0.25, -0.2) is 0 Å². The molecule has 2 aromatic carbocycles. The standard InChI is InChI=1S/C17H17NO/c1-12-3-7-14(8-4-12)16(18)11-17(19)15-9-5-13(2)6-10-15/h3-10,18H,11H2,1-2H3. The van der Waals surface area contributed by atoms with E-state index in [-0.39, 0.29) is 12.2 Å². The zero-order valence-electron chi connectivity index (χ0n) is 11.2. The highest BCUT2D eigenvalue weighted by Gasteiger charge is 2.10. The quantitative estimate of drug-likeness (QED) is 0.649. The van der Waals surface area contributed by atoms with Crippen molar-refractivity contribution in [2.45, 2.75) is 20.3 Å². The molecule has 0 aliphatic rings. The number of Topliss-reactive ketones (excluding diaryl/α,β-unsaturated/α-hetero) is 1. The lowest BCUT2D eigenvalue weighted by Crippen LogP contribution is -2.08. The van der Waals surface area contributed by atoms with Crippen LogP contribution in [0.15, 0.2) is 48.5 Å². The number of hydrogen-bond donors (Lipinski definition) is 1. The van der Waals surface area contributed by atoms with E-state index >= 15 is 0 Å². The molecule has 2 heteroatoms. The topological polar surface area (TPSA) is 40.9 Å². The van der Waals surface area contributed by atoms with Crippen LogP contribution in [-0.4, -0.2) is 11.5 Å². The molecule has 0 amide bonds. The third kappa shape index (κ3) is 3.38. The highest BCUT2D eigenvalue weighted by molar-refractivity contribution is 6.14. The first-order valence-corrected chi connectivity index (χ1v) is 6.30. The molecule has 0 aromatic heterocycles. The van der Waals surface area contributed by atoms with Crippen LogP contribution in [0.1, 0.15) is 33.5 Å². The van der Waals surface area contributed by atoms with Crippen LogP contribution in [-0.2, 0) is 0 Å². The number of carbonyl (C=O) groups is 1. The molecule has 0 saturated carbocycles. The van der Waals surface area contributed by atoms with E-state index in [4.69, 9.17) is 5.41 Å². The molecule has 0 unspecified atom stereocenters. The first-order valence-electron chi connectivity index (χ1n) is 6.30. The molecule has 0 heterocycles. The van der Waals surface area contributed by atoms with Gasteiger partial charge in [0, 0.05) is 11.3 Å². The molecule has 0 saturated heterocycles. The molecular weight excluding hydrogens is 234 g/mol. The summed E-state index contributed by atoms with van der Waals surface area (Å²) in [5.41, 5.74) is 4.13. The average Bonchev–Trinajstić information content (AvgIpc) is 2.40. The van der Waals surface area contributed by atoms with Crippen LogP contribution in [0.3, 0.4) is 0 Å². The molecule has 96 valence electrons. The highest BCUT2D eigenvalue weighted by atomic mass is 16.1. The molecule has 1 N–H and O–H groups in total. The zero-order chi connectivity index (χ0) is 13.8. The SMILES string of the molecule is Cc1ccc(C(=N)CC(=O)c2ccc(C)cc2)cc1. The van der Waals surface area contributed by atoms with Gasteiger partial charge < -0.3 is 5.41 Å². The van der Waals surface area contributed by atoms with Gasteiger partial charge in [0.1, 0.15) is 0 Å². The van der Waals surface area contributed by atoms with Gasteiger partial charge in [0.05, 0.1) is 6.42 Å². The van der Waals surface area contributed by atoms with Crippen LogP contribution in [0.4, 0.5) is 0 Å². The van der Waals surface area contributed by atoms with E-state index in [1.807, 2.05) is 62.4 Å². The average molecular weight is 251 g/mol. The van der Waals surface area contributed by atoms with Gasteiger partial charge in [0.25, 0.3) is 0 Å². The number of rotatable bonds is 4. The number of ketones is 1. The fourth-order valence-electron chi connectivity index (χ4n) is 1.86. The second-order valence-electron chi connectivity index (χ2n) is 4.81. The molecular formula is C17H17NO. The van der Waals surface area contributed by atoms with Crippen molar-refractivity contribution in [3.05, 3.63) is 70.8 Å².